The van der Waals surface area contributed by atoms with E-state index in [0.29, 0.717) is 30.1 Å². The van der Waals surface area contributed by atoms with Crippen molar-refractivity contribution in [1.82, 2.24) is 0 Å². The van der Waals surface area contributed by atoms with Crippen LogP contribution in [0.5, 0.6) is 11.5 Å². The first-order valence-corrected chi connectivity index (χ1v) is 5.06. The molecule has 0 fully saturated rings. The Morgan fingerprint density at radius 1 is 1.20 bits per heavy atom. The maximum atomic E-state index is 11.5. The van der Waals surface area contributed by atoms with Gasteiger partial charge in [-0.1, -0.05) is 6.92 Å². The molecule has 0 bridgehead atoms. The molecule has 0 aromatic heterocycles. The summed E-state index contributed by atoms with van der Waals surface area (Å²) in [5, 5.41) is 0. The average molecular weight is 208 g/mol. The molecular formula is C12H16O3. The van der Waals surface area contributed by atoms with Crippen LogP contribution in [0.2, 0.25) is 0 Å². The number of hydrogen-bond acceptors (Lipinski definition) is 3. The van der Waals surface area contributed by atoms with E-state index in [9.17, 15) is 4.79 Å². The van der Waals surface area contributed by atoms with E-state index in [2.05, 4.69) is 0 Å². The fourth-order valence-electron chi connectivity index (χ4n) is 1.30. The molecule has 0 unspecified atom stereocenters. The number of hydrogen-bond donors (Lipinski definition) is 0. The highest BCUT2D eigenvalue weighted by molar-refractivity contribution is 5.96. The Bertz CT molecular complexity index is 345. The molecule has 0 saturated heterocycles. The Morgan fingerprint density at radius 3 is 2.40 bits per heavy atom. The van der Waals surface area contributed by atoms with Gasteiger partial charge in [0.1, 0.15) is 11.5 Å². The minimum Gasteiger partial charge on any atom is -0.497 e. The van der Waals surface area contributed by atoms with Crippen LogP contribution < -0.4 is 9.47 Å². The van der Waals surface area contributed by atoms with Gasteiger partial charge in [0.25, 0.3) is 0 Å². The van der Waals surface area contributed by atoms with Crippen molar-refractivity contribution in [2.45, 2.75) is 20.3 Å². The molecule has 3 heteroatoms. The van der Waals surface area contributed by atoms with E-state index in [0.717, 1.165) is 0 Å². The smallest absolute Gasteiger partial charge is 0.162 e. The number of ether oxygens (including phenoxy) is 2. The fraction of sp³-hybridized carbons (Fsp3) is 0.417. The van der Waals surface area contributed by atoms with Crippen LogP contribution in [-0.2, 0) is 0 Å². The van der Waals surface area contributed by atoms with E-state index in [1.807, 2.05) is 13.8 Å². The number of carbonyl (C=O) groups excluding carboxylic acids is 1. The molecular weight excluding hydrogens is 192 g/mol. The summed E-state index contributed by atoms with van der Waals surface area (Å²) < 4.78 is 10.5. The molecule has 0 aliphatic heterocycles. The van der Waals surface area contributed by atoms with Crippen molar-refractivity contribution in [3.63, 3.8) is 0 Å². The molecule has 15 heavy (non-hydrogen) atoms. The Hall–Kier alpha value is -1.51. The lowest BCUT2D eigenvalue weighted by Crippen LogP contribution is -2.00. The Kier molecular flexibility index (Phi) is 4.16. The van der Waals surface area contributed by atoms with Gasteiger partial charge in [-0.2, -0.15) is 0 Å². The third-order valence-electron chi connectivity index (χ3n) is 2.07. The molecule has 0 aliphatic rings. The number of rotatable bonds is 5. The first-order chi connectivity index (χ1) is 7.21. The van der Waals surface area contributed by atoms with Crippen LogP contribution in [0.15, 0.2) is 18.2 Å². The van der Waals surface area contributed by atoms with Gasteiger partial charge < -0.3 is 9.47 Å². The zero-order valence-electron chi connectivity index (χ0n) is 9.37. The molecule has 0 spiro atoms. The zero-order chi connectivity index (χ0) is 11.3. The highest BCUT2D eigenvalue weighted by atomic mass is 16.5. The van der Waals surface area contributed by atoms with Crippen LogP contribution in [0.25, 0.3) is 0 Å². The normalized spacial score (nSPS) is 9.80. The van der Waals surface area contributed by atoms with Gasteiger partial charge in [-0.05, 0) is 19.1 Å². The quantitative estimate of drug-likeness (QED) is 0.698. The van der Waals surface area contributed by atoms with Gasteiger partial charge >= 0.3 is 0 Å². The second-order valence-corrected chi connectivity index (χ2v) is 3.11. The summed E-state index contributed by atoms with van der Waals surface area (Å²) in [4.78, 5) is 11.5. The monoisotopic (exact) mass is 208 g/mol. The first-order valence-electron chi connectivity index (χ1n) is 5.06. The largest absolute Gasteiger partial charge is 0.497 e. The lowest BCUT2D eigenvalue weighted by Gasteiger charge is -2.08. The number of carbonyl (C=O) groups is 1. The topological polar surface area (TPSA) is 35.5 Å². The molecule has 0 amide bonds. The first kappa shape index (κ1) is 11.6. The summed E-state index contributed by atoms with van der Waals surface area (Å²) in [6.07, 6.45) is 0.485. The van der Waals surface area contributed by atoms with Crippen LogP contribution >= 0.6 is 0 Å². The minimum atomic E-state index is 0.0925. The van der Waals surface area contributed by atoms with Crippen molar-refractivity contribution >= 4 is 5.78 Å². The fourth-order valence-corrected chi connectivity index (χ4v) is 1.30. The van der Waals surface area contributed by atoms with Gasteiger partial charge in [-0.25, -0.2) is 0 Å². The van der Waals surface area contributed by atoms with Crippen LogP contribution in [0.1, 0.15) is 30.6 Å². The van der Waals surface area contributed by atoms with E-state index in [1.165, 1.54) is 0 Å². The van der Waals surface area contributed by atoms with Gasteiger partial charge in [-0.15, -0.1) is 0 Å². The number of ketones is 1. The van der Waals surface area contributed by atoms with E-state index < -0.39 is 0 Å². The van der Waals surface area contributed by atoms with E-state index in [4.69, 9.17) is 9.47 Å². The second kappa shape index (κ2) is 5.39. The van der Waals surface area contributed by atoms with Gasteiger partial charge in [0, 0.05) is 18.1 Å². The predicted octanol–water partition coefficient (Wildman–Crippen LogP) is 2.69. The molecule has 0 heterocycles. The second-order valence-electron chi connectivity index (χ2n) is 3.11. The molecule has 0 radical (unpaired) electrons. The summed E-state index contributed by atoms with van der Waals surface area (Å²) in [6, 6.07) is 5.25. The lowest BCUT2D eigenvalue weighted by molar-refractivity contribution is 0.0987. The van der Waals surface area contributed by atoms with Gasteiger partial charge in [0.2, 0.25) is 0 Å². The van der Waals surface area contributed by atoms with E-state index in [1.54, 1.807) is 25.3 Å². The predicted molar refractivity (Wildman–Crippen MR) is 58.8 cm³/mol. The van der Waals surface area contributed by atoms with Gasteiger partial charge in [0.05, 0.1) is 13.7 Å². The van der Waals surface area contributed by atoms with Crippen molar-refractivity contribution in [3.05, 3.63) is 23.8 Å². The van der Waals surface area contributed by atoms with E-state index in [-0.39, 0.29) is 5.78 Å². The summed E-state index contributed by atoms with van der Waals surface area (Å²) in [7, 11) is 1.57. The van der Waals surface area contributed by atoms with Gasteiger partial charge in [-0.3, -0.25) is 4.79 Å². The Labute approximate surface area is 90.0 Å². The standard InChI is InChI=1S/C12H16O3/c1-4-12(13)9-6-10(14-3)8-11(7-9)15-5-2/h6-8H,4-5H2,1-3H3. The molecule has 82 valence electrons. The lowest BCUT2D eigenvalue weighted by atomic mass is 10.1. The summed E-state index contributed by atoms with van der Waals surface area (Å²) in [5.41, 5.74) is 0.639. The van der Waals surface area contributed by atoms with Crippen LogP contribution in [0.3, 0.4) is 0 Å². The van der Waals surface area contributed by atoms with Crippen molar-refractivity contribution in [2.75, 3.05) is 13.7 Å². The zero-order valence-corrected chi connectivity index (χ0v) is 9.37. The van der Waals surface area contributed by atoms with Crippen LogP contribution in [-0.4, -0.2) is 19.5 Å². The third kappa shape index (κ3) is 2.98. The van der Waals surface area contributed by atoms with Gasteiger partial charge in [0.15, 0.2) is 5.78 Å². The molecule has 0 saturated carbocycles. The summed E-state index contributed by atoms with van der Waals surface area (Å²) in [6.45, 7) is 4.32. The van der Waals surface area contributed by atoms with Crippen molar-refractivity contribution in [1.29, 1.82) is 0 Å². The summed E-state index contributed by atoms with van der Waals surface area (Å²) >= 11 is 0. The highest BCUT2D eigenvalue weighted by Crippen LogP contribution is 2.23. The molecule has 1 aromatic carbocycles. The Morgan fingerprint density at radius 2 is 1.87 bits per heavy atom. The molecule has 3 nitrogen and oxygen atoms in total. The van der Waals surface area contributed by atoms with Crippen molar-refractivity contribution < 1.29 is 14.3 Å². The molecule has 0 atom stereocenters. The number of methoxy groups -OCH3 is 1. The molecule has 0 aliphatic carbocycles. The molecule has 0 N–H and O–H groups in total. The summed E-state index contributed by atoms with van der Waals surface area (Å²) in [5.74, 6) is 1.42. The highest BCUT2D eigenvalue weighted by Gasteiger charge is 2.07. The number of Topliss-reactive ketones (excluding diaryl/α,β-unsaturated/α-hetero) is 1. The SMILES string of the molecule is CCOc1cc(OC)cc(C(=O)CC)c1. The molecule has 1 aromatic rings. The van der Waals surface area contributed by atoms with Crippen molar-refractivity contribution in [2.24, 2.45) is 0 Å². The maximum absolute atomic E-state index is 11.5. The number of benzene rings is 1. The Balaban J connectivity index is 3.05. The maximum Gasteiger partial charge on any atom is 0.162 e. The van der Waals surface area contributed by atoms with Crippen LogP contribution in [0.4, 0.5) is 0 Å². The molecule has 1 rings (SSSR count). The third-order valence-corrected chi connectivity index (χ3v) is 2.07. The average Bonchev–Trinajstić information content (AvgIpc) is 2.28. The van der Waals surface area contributed by atoms with E-state index >= 15 is 0 Å². The van der Waals surface area contributed by atoms with Crippen molar-refractivity contribution in [3.8, 4) is 11.5 Å². The minimum absolute atomic E-state index is 0.0925. The van der Waals surface area contributed by atoms with Crippen LogP contribution in [0, 0.1) is 0 Å².